The highest BCUT2D eigenvalue weighted by molar-refractivity contribution is 7.92. The molecule has 0 spiro atoms. The number of hydrogen-bond acceptors (Lipinski definition) is 3. The molecule has 2 aromatic rings. The SMILES string of the molecule is CC(C)(C)C(=O)Nc1cccc(NS(=O)(=O)c2ccc(Cl)cc2)c1. The number of rotatable bonds is 4. The molecule has 2 N–H and O–H groups in total. The molecule has 5 nitrogen and oxygen atoms in total. The molecule has 0 unspecified atom stereocenters. The quantitative estimate of drug-likeness (QED) is 0.854. The molecular weight excluding hydrogens is 348 g/mol. The fourth-order valence-electron chi connectivity index (χ4n) is 1.81. The van der Waals surface area contributed by atoms with E-state index in [1.54, 1.807) is 45.0 Å². The third-order valence-electron chi connectivity index (χ3n) is 3.18. The van der Waals surface area contributed by atoms with Crippen LogP contribution in [0, 0.1) is 5.41 Å². The predicted molar refractivity (Wildman–Crippen MR) is 96.8 cm³/mol. The maximum absolute atomic E-state index is 12.4. The van der Waals surface area contributed by atoms with E-state index in [0.717, 1.165) is 0 Å². The third kappa shape index (κ3) is 4.72. The zero-order valence-corrected chi connectivity index (χ0v) is 15.2. The molecule has 0 aromatic heterocycles. The summed E-state index contributed by atoms with van der Waals surface area (Å²) in [5.41, 5.74) is 0.335. The second-order valence-electron chi connectivity index (χ2n) is 6.34. The van der Waals surface area contributed by atoms with Crippen LogP contribution in [-0.4, -0.2) is 14.3 Å². The Kier molecular flexibility index (Phi) is 5.20. The molecule has 7 heteroatoms. The maximum Gasteiger partial charge on any atom is 0.261 e. The molecule has 0 aliphatic heterocycles. The van der Waals surface area contributed by atoms with E-state index in [0.29, 0.717) is 16.4 Å². The van der Waals surface area contributed by atoms with Gasteiger partial charge in [-0.05, 0) is 42.5 Å². The molecule has 2 aromatic carbocycles. The molecule has 0 saturated carbocycles. The van der Waals surface area contributed by atoms with Gasteiger partial charge in [0.15, 0.2) is 0 Å². The second-order valence-corrected chi connectivity index (χ2v) is 8.46. The smallest absolute Gasteiger partial charge is 0.261 e. The van der Waals surface area contributed by atoms with E-state index in [1.807, 2.05) is 0 Å². The molecule has 0 bridgehead atoms. The van der Waals surface area contributed by atoms with Crippen LogP contribution in [0.5, 0.6) is 0 Å². The minimum absolute atomic E-state index is 0.107. The van der Waals surface area contributed by atoms with Gasteiger partial charge in [0.25, 0.3) is 10.0 Å². The lowest BCUT2D eigenvalue weighted by atomic mass is 9.95. The highest BCUT2D eigenvalue weighted by atomic mass is 35.5. The van der Waals surface area contributed by atoms with Crippen molar-refractivity contribution in [2.45, 2.75) is 25.7 Å². The van der Waals surface area contributed by atoms with E-state index in [9.17, 15) is 13.2 Å². The Morgan fingerprint density at radius 1 is 1.00 bits per heavy atom. The van der Waals surface area contributed by atoms with Crippen molar-refractivity contribution < 1.29 is 13.2 Å². The molecule has 0 fully saturated rings. The average Bonchev–Trinajstić information content (AvgIpc) is 2.46. The summed E-state index contributed by atoms with van der Waals surface area (Å²) in [5.74, 6) is -0.153. The number of halogens is 1. The zero-order valence-electron chi connectivity index (χ0n) is 13.6. The number of carbonyl (C=O) groups is 1. The van der Waals surface area contributed by atoms with Gasteiger partial charge < -0.3 is 5.32 Å². The normalized spacial score (nSPS) is 11.8. The van der Waals surface area contributed by atoms with Crippen LogP contribution >= 0.6 is 11.6 Å². The van der Waals surface area contributed by atoms with E-state index in [1.165, 1.54) is 24.3 Å². The lowest BCUT2D eigenvalue weighted by molar-refractivity contribution is -0.123. The van der Waals surface area contributed by atoms with Crippen molar-refractivity contribution in [1.82, 2.24) is 0 Å². The molecule has 0 saturated heterocycles. The topological polar surface area (TPSA) is 75.3 Å². The van der Waals surface area contributed by atoms with Crippen molar-refractivity contribution in [1.29, 1.82) is 0 Å². The first-order valence-corrected chi connectivity index (χ1v) is 9.14. The minimum Gasteiger partial charge on any atom is -0.326 e. The van der Waals surface area contributed by atoms with Gasteiger partial charge in [-0.25, -0.2) is 8.42 Å². The van der Waals surface area contributed by atoms with E-state index < -0.39 is 15.4 Å². The molecule has 0 atom stereocenters. The van der Waals surface area contributed by atoms with Gasteiger partial charge in [-0.3, -0.25) is 9.52 Å². The number of hydrogen-bond donors (Lipinski definition) is 2. The van der Waals surface area contributed by atoms with Crippen LogP contribution in [0.3, 0.4) is 0 Å². The first-order chi connectivity index (χ1) is 11.1. The molecule has 0 radical (unpaired) electrons. The third-order valence-corrected chi connectivity index (χ3v) is 4.83. The van der Waals surface area contributed by atoms with Crippen molar-refractivity contribution in [3.8, 4) is 0 Å². The van der Waals surface area contributed by atoms with Gasteiger partial charge >= 0.3 is 0 Å². The van der Waals surface area contributed by atoms with Crippen molar-refractivity contribution in [2.24, 2.45) is 5.41 Å². The van der Waals surface area contributed by atoms with Gasteiger partial charge in [-0.1, -0.05) is 38.4 Å². The summed E-state index contributed by atoms with van der Waals surface area (Å²) in [6.07, 6.45) is 0. The number of sulfonamides is 1. The number of amides is 1. The Balaban J connectivity index is 2.20. The van der Waals surface area contributed by atoms with Crippen LogP contribution < -0.4 is 10.0 Å². The number of anilines is 2. The van der Waals surface area contributed by atoms with Crippen LogP contribution in [0.2, 0.25) is 5.02 Å². The van der Waals surface area contributed by atoms with Crippen LogP contribution in [0.1, 0.15) is 20.8 Å². The number of nitrogens with one attached hydrogen (secondary N) is 2. The lowest BCUT2D eigenvalue weighted by Crippen LogP contribution is -2.27. The van der Waals surface area contributed by atoms with Crippen LogP contribution in [0.25, 0.3) is 0 Å². The Morgan fingerprint density at radius 2 is 1.58 bits per heavy atom. The van der Waals surface area contributed by atoms with Gasteiger partial charge in [-0.15, -0.1) is 0 Å². The van der Waals surface area contributed by atoms with Crippen molar-refractivity contribution in [2.75, 3.05) is 10.0 Å². The first-order valence-electron chi connectivity index (χ1n) is 7.28. The summed E-state index contributed by atoms with van der Waals surface area (Å²) < 4.78 is 27.2. The van der Waals surface area contributed by atoms with E-state index in [2.05, 4.69) is 10.0 Å². The van der Waals surface area contributed by atoms with E-state index in [-0.39, 0.29) is 10.8 Å². The van der Waals surface area contributed by atoms with Crippen LogP contribution in [-0.2, 0) is 14.8 Å². The van der Waals surface area contributed by atoms with Crippen LogP contribution in [0.15, 0.2) is 53.4 Å². The van der Waals surface area contributed by atoms with Gasteiger partial charge in [0.1, 0.15) is 0 Å². The summed E-state index contributed by atoms with van der Waals surface area (Å²) in [7, 11) is -3.73. The fraction of sp³-hybridized carbons (Fsp3) is 0.235. The number of benzene rings is 2. The van der Waals surface area contributed by atoms with Gasteiger partial charge in [0, 0.05) is 16.1 Å². The van der Waals surface area contributed by atoms with Gasteiger partial charge in [-0.2, -0.15) is 0 Å². The van der Waals surface area contributed by atoms with Crippen LogP contribution in [0.4, 0.5) is 11.4 Å². The molecule has 0 aliphatic rings. The molecule has 1 amide bonds. The summed E-state index contributed by atoms with van der Waals surface area (Å²) in [6.45, 7) is 5.40. The summed E-state index contributed by atoms with van der Waals surface area (Å²) in [5, 5.41) is 3.22. The molecule has 0 aliphatic carbocycles. The molecule has 0 heterocycles. The largest absolute Gasteiger partial charge is 0.326 e. The lowest BCUT2D eigenvalue weighted by Gasteiger charge is -2.18. The van der Waals surface area contributed by atoms with Crippen molar-refractivity contribution >= 4 is 38.9 Å². The Hall–Kier alpha value is -2.05. The van der Waals surface area contributed by atoms with Gasteiger partial charge in [0.05, 0.1) is 10.6 Å². The first kappa shape index (κ1) is 18.3. The summed E-state index contributed by atoms with van der Waals surface area (Å²) >= 11 is 5.77. The highest BCUT2D eigenvalue weighted by Gasteiger charge is 2.21. The predicted octanol–water partition coefficient (Wildman–Crippen LogP) is 4.13. The number of carbonyl (C=O) groups excluding carboxylic acids is 1. The standard InChI is InChI=1S/C17H19ClN2O3S/c1-17(2,3)16(21)19-13-5-4-6-14(11-13)20-24(22,23)15-9-7-12(18)8-10-15/h4-11,20H,1-3H3,(H,19,21). The summed E-state index contributed by atoms with van der Waals surface area (Å²) in [6, 6.07) is 12.4. The zero-order chi connectivity index (χ0) is 18.0. The van der Waals surface area contributed by atoms with E-state index in [4.69, 9.17) is 11.6 Å². The van der Waals surface area contributed by atoms with Gasteiger partial charge in [0.2, 0.25) is 5.91 Å². The molecular formula is C17H19ClN2O3S. The minimum atomic E-state index is -3.73. The molecule has 24 heavy (non-hydrogen) atoms. The highest BCUT2D eigenvalue weighted by Crippen LogP contribution is 2.22. The Labute approximate surface area is 147 Å². The van der Waals surface area contributed by atoms with Crippen molar-refractivity contribution in [3.05, 3.63) is 53.6 Å². The Bertz CT molecular complexity index is 841. The molecule has 2 rings (SSSR count). The monoisotopic (exact) mass is 366 g/mol. The fourth-order valence-corrected chi connectivity index (χ4v) is 2.98. The van der Waals surface area contributed by atoms with E-state index >= 15 is 0 Å². The average molecular weight is 367 g/mol. The summed E-state index contributed by atoms with van der Waals surface area (Å²) in [4.78, 5) is 12.1. The maximum atomic E-state index is 12.4. The van der Waals surface area contributed by atoms with Crippen molar-refractivity contribution in [3.63, 3.8) is 0 Å². The second kappa shape index (κ2) is 6.83. The molecule has 128 valence electrons. The Morgan fingerprint density at radius 3 is 2.17 bits per heavy atom.